The monoisotopic (exact) mass is 359 g/mol. The maximum Gasteiger partial charge on any atom is 0.264 e. The lowest BCUT2D eigenvalue weighted by Crippen LogP contribution is -2.18. The van der Waals surface area contributed by atoms with Crippen LogP contribution >= 0.6 is 23.2 Å². The molecule has 0 aliphatic carbocycles. The summed E-state index contributed by atoms with van der Waals surface area (Å²) in [6, 6.07) is 8.53. The minimum absolute atomic E-state index is 0.0962. The predicted octanol–water partition coefficient (Wildman–Crippen LogP) is 2.55. The Morgan fingerprint density at radius 2 is 1.73 bits per heavy atom. The van der Waals surface area contributed by atoms with Crippen LogP contribution in [-0.2, 0) is 10.0 Å². The van der Waals surface area contributed by atoms with Crippen molar-refractivity contribution in [1.29, 1.82) is 0 Å². The number of nitrogens with one attached hydrogen (secondary N) is 2. The molecule has 0 saturated carbocycles. The van der Waals surface area contributed by atoms with Crippen LogP contribution in [0.15, 0.2) is 41.3 Å². The predicted molar refractivity (Wildman–Crippen MR) is 84.9 cm³/mol. The van der Waals surface area contributed by atoms with Gasteiger partial charge in [-0.1, -0.05) is 23.2 Å². The first kappa shape index (κ1) is 16.5. The van der Waals surface area contributed by atoms with Gasteiger partial charge in [-0.15, -0.1) is 0 Å². The van der Waals surface area contributed by atoms with Gasteiger partial charge < -0.3 is 5.32 Å². The van der Waals surface area contributed by atoms with Gasteiger partial charge in [0.05, 0.1) is 0 Å². The van der Waals surface area contributed by atoms with Crippen molar-refractivity contribution in [2.45, 2.75) is 4.90 Å². The van der Waals surface area contributed by atoms with Crippen molar-refractivity contribution in [3.05, 3.63) is 52.3 Å². The van der Waals surface area contributed by atoms with Gasteiger partial charge >= 0.3 is 0 Å². The summed E-state index contributed by atoms with van der Waals surface area (Å²) >= 11 is 11.4. The zero-order valence-electron chi connectivity index (χ0n) is 11.3. The van der Waals surface area contributed by atoms with Crippen LogP contribution in [-0.4, -0.2) is 26.4 Å². The van der Waals surface area contributed by atoms with Crippen molar-refractivity contribution in [2.24, 2.45) is 0 Å². The molecule has 1 aromatic heterocycles. The van der Waals surface area contributed by atoms with E-state index in [1.807, 2.05) is 0 Å². The summed E-state index contributed by atoms with van der Waals surface area (Å²) in [6.45, 7) is 0. The van der Waals surface area contributed by atoms with Crippen LogP contribution in [0.3, 0.4) is 0 Å². The summed E-state index contributed by atoms with van der Waals surface area (Å²) in [4.78, 5) is 14.9. The second-order valence-corrected chi connectivity index (χ2v) is 6.58. The quantitative estimate of drug-likeness (QED) is 0.821. The normalized spacial score (nSPS) is 11.0. The van der Waals surface area contributed by atoms with E-state index in [-0.39, 0.29) is 21.1 Å². The molecule has 0 aliphatic rings. The molecule has 1 amide bonds. The van der Waals surface area contributed by atoms with E-state index in [9.17, 15) is 13.2 Å². The molecule has 0 saturated heterocycles. The zero-order valence-corrected chi connectivity index (χ0v) is 13.6. The Kier molecular flexibility index (Phi) is 4.90. The maximum absolute atomic E-state index is 12.3. The molecular weight excluding hydrogens is 349 g/mol. The van der Waals surface area contributed by atoms with Gasteiger partial charge in [0.2, 0.25) is 0 Å². The summed E-state index contributed by atoms with van der Waals surface area (Å²) in [5.41, 5.74) is 0.704. The van der Waals surface area contributed by atoms with E-state index in [0.717, 1.165) is 0 Å². The van der Waals surface area contributed by atoms with Crippen LogP contribution in [0.1, 0.15) is 10.4 Å². The Balaban J connectivity index is 2.27. The fourth-order valence-electron chi connectivity index (χ4n) is 1.64. The second-order valence-electron chi connectivity index (χ2n) is 4.18. The largest absolute Gasteiger partial charge is 0.355 e. The highest BCUT2D eigenvalue weighted by atomic mass is 35.5. The van der Waals surface area contributed by atoms with Gasteiger partial charge in [0.1, 0.15) is 10.0 Å². The van der Waals surface area contributed by atoms with E-state index in [0.29, 0.717) is 11.3 Å². The molecule has 0 unspecified atom stereocenters. The number of carbonyl (C=O) groups excluding carboxylic acids is 1. The van der Waals surface area contributed by atoms with E-state index in [1.165, 1.54) is 43.4 Å². The Morgan fingerprint density at radius 1 is 1.09 bits per heavy atom. The number of hydrogen-bond donors (Lipinski definition) is 2. The van der Waals surface area contributed by atoms with Crippen molar-refractivity contribution < 1.29 is 13.2 Å². The summed E-state index contributed by atoms with van der Waals surface area (Å²) in [7, 11) is -2.39. The zero-order chi connectivity index (χ0) is 16.3. The van der Waals surface area contributed by atoms with Gasteiger partial charge in [0.25, 0.3) is 15.9 Å². The highest BCUT2D eigenvalue weighted by Crippen LogP contribution is 2.24. The highest BCUT2D eigenvalue weighted by Gasteiger charge is 2.19. The van der Waals surface area contributed by atoms with Crippen molar-refractivity contribution in [2.75, 3.05) is 11.8 Å². The van der Waals surface area contributed by atoms with Crippen molar-refractivity contribution in [1.82, 2.24) is 10.3 Å². The summed E-state index contributed by atoms with van der Waals surface area (Å²) in [6.07, 6.45) is 0. The van der Waals surface area contributed by atoms with Crippen LogP contribution < -0.4 is 10.0 Å². The fraction of sp³-hybridized carbons (Fsp3) is 0.0769. The minimum atomic E-state index is -3.90. The smallest absolute Gasteiger partial charge is 0.264 e. The number of aromatic nitrogens is 1. The number of benzene rings is 1. The van der Waals surface area contributed by atoms with Crippen molar-refractivity contribution in [3.63, 3.8) is 0 Å². The number of halogens is 2. The molecule has 116 valence electrons. The Hall–Kier alpha value is -1.83. The third kappa shape index (κ3) is 3.68. The number of nitrogens with zero attached hydrogens (tertiary/aromatic N) is 1. The molecule has 0 aliphatic heterocycles. The second kappa shape index (κ2) is 6.51. The number of amides is 1. The number of pyridine rings is 1. The van der Waals surface area contributed by atoms with Crippen LogP contribution in [0.5, 0.6) is 0 Å². The first-order valence-corrected chi connectivity index (χ1v) is 8.24. The van der Waals surface area contributed by atoms with Gasteiger partial charge in [0.15, 0.2) is 5.15 Å². The van der Waals surface area contributed by atoms with E-state index in [1.54, 1.807) is 0 Å². The standard InChI is InChI=1S/C13H11Cl2N3O3S/c1-16-13(19)8-2-4-9(5-3-8)18-22(20,21)10-6-7-11(14)17-12(10)15/h2-7,18H,1H3,(H,16,19). The number of carbonyl (C=O) groups is 1. The molecule has 22 heavy (non-hydrogen) atoms. The van der Waals surface area contributed by atoms with Gasteiger partial charge in [-0.05, 0) is 36.4 Å². The van der Waals surface area contributed by atoms with Crippen LogP contribution in [0.2, 0.25) is 10.3 Å². The molecule has 0 fully saturated rings. The van der Waals surface area contributed by atoms with Crippen molar-refractivity contribution in [3.8, 4) is 0 Å². The summed E-state index contributed by atoms with van der Waals surface area (Å²) in [5.74, 6) is -0.264. The number of anilines is 1. The lowest BCUT2D eigenvalue weighted by Gasteiger charge is -2.09. The van der Waals surface area contributed by atoms with Gasteiger partial charge in [-0.3, -0.25) is 9.52 Å². The lowest BCUT2D eigenvalue weighted by molar-refractivity contribution is 0.0963. The SMILES string of the molecule is CNC(=O)c1ccc(NS(=O)(=O)c2ccc(Cl)nc2Cl)cc1. The van der Waals surface area contributed by atoms with Gasteiger partial charge in [0, 0.05) is 18.3 Å². The summed E-state index contributed by atoms with van der Waals surface area (Å²) < 4.78 is 26.9. The first-order chi connectivity index (χ1) is 10.3. The van der Waals surface area contributed by atoms with E-state index in [2.05, 4.69) is 15.0 Å². The average molecular weight is 360 g/mol. The first-order valence-electron chi connectivity index (χ1n) is 6.00. The topological polar surface area (TPSA) is 88.2 Å². The van der Waals surface area contributed by atoms with E-state index >= 15 is 0 Å². The molecule has 2 rings (SSSR count). The lowest BCUT2D eigenvalue weighted by atomic mass is 10.2. The Morgan fingerprint density at radius 3 is 2.27 bits per heavy atom. The van der Waals surface area contributed by atoms with Crippen molar-refractivity contribution >= 4 is 44.8 Å². The minimum Gasteiger partial charge on any atom is -0.355 e. The highest BCUT2D eigenvalue weighted by molar-refractivity contribution is 7.92. The molecule has 9 heteroatoms. The van der Waals surface area contributed by atoms with Crippen LogP contribution in [0.4, 0.5) is 5.69 Å². The molecule has 0 atom stereocenters. The van der Waals surface area contributed by atoms with Gasteiger partial charge in [-0.2, -0.15) is 0 Å². The number of rotatable bonds is 4. The number of sulfonamides is 1. The third-order valence-electron chi connectivity index (χ3n) is 2.70. The van der Waals surface area contributed by atoms with Gasteiger partial charge in [-0.25, -0.2) is 13.4 Å². The molecule has 2 N–H and O–H groups in total. The van der Waals surface area contributed by atoms with Crippen LogP contribution in [0.25, 0.3) is 0 Å². The molecular formula is C13H11Cl2N3O3S. The fourth-order valence-corrected chi connectivity index (χ4v) is 3.36. The molecule has 0 spiro atoms. The Bertz CT molecular complexity index is 808. The third-order valence-corrected chi connectivity index (χ3v) is 4.72. The summed E-state index contributed by atoms with van der Waals surface area (Å²) in [5, 5.41) is 2.35. The number of hydrogen-bond acceptors (Lipinski definition) is 4. The molecule has 1 aromatic carbocycles. The molecule has 0 bridgehead atoms. The van der Waals surface area contributed by atoms with E-state index in [4.69, 9.17) is 23.2 Å². The molecule has 1 heterocycles. The average Bonchev–Trinajstić information content (AvgIpc) is 2.46. The van der Waals surface area contributed by atoms with E-state index < -0.39 is 10.0 Å². The van der Waals surface area contributed by atoms with Crippen LogP contribution in [0, 0.1) is 0 Å². The molecule has 2 aromatic rings. The maximum atomic E-state index is 12.3. The molecule has 0 radical (unpaired) electrons. The Labute approximate surface area is 137 Å². The molecule has 6 nitrogen and oxygen atoms in total.